The maximum absolute atomic E-state index is 11.2. The quantitative estimate of drug-likeness (QED) is 0.787. The molecule has 1 aromatic rings. The van der Waals surface area contributed by atoms with Gasteiger partial charge < -0.3 is 14.8 Å². The highest BCUT2D eigenvalue weighted by Crippen LogP contribution is 2.22. The smallest absolute Gasteiger partial charge is 0.344 e. The Labute approximate surface area is 108 Å². The molecule has 0 saturated heterocycles. The number of carbonyl (C=O) groups excluding carboxylic acids is 1. The summed E-state index contributed by atoms with van der Waals surface area (Å²) in [5, 5.41) is 3.18. The topological polar surface area (TPSA) is 47.6 Å². The maximum atomic E-state index is 11.2. The molecule has 0 aliphatic heterocycles. The molecule has 0 saturated carbocycles. The van der Waals surface area contributed by atoms with Crippen molar-refractivity contribution >= 4 is 5.97 Å². The highest BCUT2D eigenvalue weighted by atomic mass is 16.6. The molecule has 1 atom stereocenters. The summed E-state index contributed by atoms with van der Waals surface area (Å²) in [6.45, 7) is 6.16. The van der Waals surface area contributed by atoms with Crippen LogP contribution in [0.25, 0.3) is 0 Å². The summed E-state index contributed by atoms with van der Waals surface area (Å²) in [7, 11) is 1.92. The lowest BCUT2D eigenvalue weighted by atomic mass is 10.1. The fourth-order valence-corrected chi connectivity index (χ4v) is 1.61. The molecule has 18 heavy (non-hydrogen) atoms. The van der Waals surface area contributed by atoms with E-state index in [9.17, 15) is 4.79 Å². The van der Waals surface area contributed by atoms with Crippen LogP contribution in [0, 0.1) is 6.92 Å². The normalized spacial score (nSPS) is 12.0. The number of hydrogen-bond donors (Lipinski definition) is 1. The van der Waals surface area contributed by atoms with Crippen molar-refractivity contribution in [3.05, 3.63) is 29.3 Å². The van der Waals surface area contributed by atoms with Crippen molar-refractivity contribution in [3.63, 3.8) is 0 Å². The van der Waals surface area contributed by atoms with E-state index >= 15 is 0 Å². The Bertz CT molecular complexity index is 404. The van der Waals surface area contributed by atoms with Gasteiger partial charge in [0, 0.05) is 6.04 Å². The predicted molar refractivity (Wildman–Crippen MR) is 70.8 cm³/mol. The van der Waals surface area contributed by atoms with E-state index in [0.29, 0.717) is 12.6 Å². The lowest BCUT2D eigenvalue weighted by molar-refractivity contribution is -0.145. The highest BCUT2D eigenvalue weighted by molar-refractivity contribution is 5.71. The number of esters is 1. The van der Waals surface area contributed by atoms with E-state index in [1.54, 1.807) is 6.92 Å². The van der Waals surface area contributed by atoms with Crippen LogP contribution in [0.3, 0.4) is 0 Å². The van der Waals surface area contributed by atoms with Crippen molar-refractivity contribution < 1.29 is 14.3 Å². The Kier molecular flexibility index (Phi) is 5.65. The van der Waals surface area contributed by atoms with Gasteiger partial charge in [0.1, 0.15) is 5.75 Å². The Hall–Kier alpha value is -1.55. The zero-order valence-electron chi connectivity index (χ0n) is 11.4. The van der Waals surface area contributed by atoms with Crippen LogP contribution in [0.2, 0.25) is 0 Å². The molecule has 0 amide bonds. The van der Waals surface area contributed by atoms with Gasteiger partial charge >= 0.3 is 5.97 Å². The van der Waals surface area contributed by atoms with Gasteiger partial charge in [-0.15, -0.1) is 0 Å². The molecular formula is C14H21NO3. The zero-order valence-corrected chi connectivity index (χ0v) is 11.4. The van der Waals surface area contributed by atoms with E-state index < -0.39 is 0 Å². The van der Waals surface area contributed by atoms with E-state index in [0.717, 1.165) is 11.3 Å². The molecule has 4 heteroatoms. The predicted octanol–water partition coefficient (Wildman–Crippen LogP) is 2.22. The SMILES string of the molecule is CCOC(=O)COc1ccc(C(C)NC)cc1C. The van der Waals surface area contributed by atoms with Gasteiger partial charge in [-0.05, 0) is 45.0 Å². The van der Waals surface area contributed by atoms with Crippen LogP contribution in [0.4, 0.5) is 0 Å². The minimum Gasteiger partial charge on any atom is -0.482 e. The van der Waals surface area contributed by atoms with E-state index in [4.69, 9.17) is 9.47 Å². The third kappa shape index (κ3) is 4.04. The maximum Gasteiger partial charge on any atom is 0.344 e. The zero-order chi connectivity index (χ0) is 13.5. The van der Waals surface area contributed by atoms with E-state index in [-0.39, 0.29) is 12.6 Å². The monoisotopic (exact) mass is 251 g/mol. The van der Waals surface area contributed by atoms with Gasteiger partial charge in [-0.1, -0.05) is 12.1 Å². The first kappa shape index (κ1) is 14.5. The second-order valence-electron chi connectivity index (χ2n) is 4.13. The Morgan fingerprint density at radius 2 is 2.17 bits per heavy atom. The van der Waals surface area contributed by atoms with Crippen LogP contribution in [-0.2, 0) is 9.53 Å². The van der Waals surface area contributed by atoms with Gasteiger partial charge in [-0.2, -0.15) is 0 Å². The minimum absolute atomic E-state index is 0.0460. The van der Waals surface area contributed by atoms with Crippen molar-refractivity contribution in [2.45, 2.75) is 26.8 Å². The van der Waals surface area contributed by atoms with E-state index in [1.807, 2.05) is 26.1 Å². The van der Waals surface area contributed by atoms with Crippen LogP contribution >= 0.6 is 0 Å². The fraction of sp³-hybridized carbons (Fsp3) is 0.500. The third-order valence-electron chi connectivity index (χ3n) is 2.78. The number of benzene rings is 1. The average Bonchev–Trinajstić information content (AvgIpc) is 2.36. The Balaban J connectivity index is 2.65. The molecule has 0 aliphatic carbocycles. The summed E-state index contributed by atoms with van der Waals surface area (Å²) in [6.07, 6.45) is 0. The first-order valence-corrected chi connectivity index (χ1v) is 6.14. The Morgan fingerprint density at radius 1 is 1.44 bits per heavy atom. The van der Waals surface area contributed by atoms with Crippen molar-refractivity contribution in [3.8, 4) is 5.75 Å². The number of ether oxygens (including phenoxy) is 2. The average molecular weight is 251 g/mol. The molecule has 1 rings (SSSR count). The molecule has 1 unspecified atom stereocenters. The van der Waals surface area contributed by atoms with Gasteiger partial charge in [-0.3, -0.25) is 0 Å². The molecule has 0 bridgehead atoms. The van der Waals surface area contributed by atoms with Crippen LogP contribution in [-0.4, -0.2) is 26.2 Å². The highest BCUT2D eigenvalue weighted by Gasteiger charge is 2.08. The molecule has 0 spiro atoms. The fourth-order valence-electron chi connectivity index (χ4n) is 1.61. The summed E-state index contributed by atoms with van der Waals surface area (Å²) in [4.78, 5) is 11.2. The van der Waals surface area contributed by atoms with E-state index in [2.05, 4.69) is 18.3 Å². The molecule has 0 fully saturated rings. The van der Waals surface area contributed by atoms with Crippen molar-refractivity contribution in [2.75, 3.05) is 20.3 Å². The number of rotatable bonds is 6. The molecule has 100 valence electrons. The minimum atomic E-state index is -0.343. The van der Waals surface area contributed by atoms with Gasteiger partial charge in [0.05, 0.1) is 6.61 Å². The molecule has 0 heterocycles. The van der Waals surface area contributed by atoms with Crippen molar-refractivity contribution in [1.82, 2.24) is 5.32 Å². The standard InChI is InChI=1S/C14H21NO3/c1-5-17-14(16)9-18-13-7-6-12(8-10(13)2)11(3)15-4/h6-8,11,15H,5,9H2,1-4H3. The number of aryl methyl sites for hydroxylation is 1. The van der Waals surface area contributed by atoms with Crippen LogP contribution in [0.1, 0.15) is 31.0 Å². The lowest BCUT2D eigenvalue weighted by Gasteiger charge is -2.14. The number of nitrogens with one attached hydrogen (secondary N) is 1. The van der Waals surface area contributed by atoms with Gasteiger partial charge in [0.15, 0.2) is 6.61 Å². The third-order valence-corrected chi connectivity index (χ3v) is 2.78. The number of carbonyl (C=O) groups is 1. The molecule has 0 aliphatic rings. The van der Waals surface area contributed by atoms with Gasteiger partial charge in [-0.25, -0.2) is 4.79 Å². The first-order valence-electron chi connectivity index (χ1n) is 6.14. The lowest BCUT2D eigenvalue weighted by Crippen LogP contribution is -2.15. The number of hydrogen-bond acceptors (Lipinski definition) is 4. The van der Waals surface area contributed by atoms with Gasteiger partial charge in [0.25, 0.3) is 0 Å². The summed E-state index contributed by atoms with van der Waals surface area (Å²) in [6, 6.07) is 6.23. The van der Waals surface area contributed by atoms with Crippen molar-refractivity contribution in [2.24, 2.45) is 0 Å². The van der Waals surface area contributed by atoms with Crippen LogP contribution in [0.15, 0.2) is 18.2 Å². The summed E-state index contributed by atoms with van der Waals surface area (Å²) < 4.78 is 10.2. The molecule has 0 radical (unpaired) electrons. The summed E-state index contributed by atoms with van der Waals surface area (Å²) in [5.41, 5.74) is 2.21. The molecular weight excluding hydrogens is 230 g/mol. The Morgan fingerprint density at radius 3 is 2.72 bits per heavy atom. The first-order chi connectivity index (χ1) is 8.58. The largest absolute Gasteiger partial charge is 0.482 e. The van der Waals surface area contributed by atoms with E-state index in [1.165, 1.54) is 5.56 Å². The molecule has 0 aromatic heterocycles. The summed E-state index contributed by atoms with van der Waals surface area (Å²) in [5.74, 6) is 0.375. The van der Waals surface area contributed by atoms with Crippen molar-refractivity contribution in [1.29, 1.82) is 0 Å². The van der Waals surface area contributed by atoms with Gasteiger partial charge in [0.2, 0.25) is 0 Å². The molecule has 4 nitrogen and oxygen atoms in total. The molecule has 1 N–H and O–H groups in total. The van der Waals surface area contributed by atoms with Crippen LogP contribution < -0.4 is 10.1 Å². The summed E-state index contributed by atoms with van der Waals surface area (Å²) >= 11 is 0. The second-order valence-corrected chi connectivity index (χ2v) is 4.13. The molecule has 1 aromatic carbocycles. The second kappa shape index (κ2) is 7.01. The van der Waals surface area contributed by atoms with Crippen LogP contribution in [0.5, 0.6) is 5.75 Å².